The van der Waals surface area contributed by atoms with Gasteiger partial charge in [-0.05, 0) is 24.1 Å². The van der Waals surface area contributed by atoms with Gasteiger partial charge < -0.3 is 10.6 Å². The number of urea groups is 1. The second-order valence-electron chi connectivity index (χ2n) is 3.62. The van der Waals surface area contributed by atoms with Crippen LogP contribution >= 0.6 is 11.6 Å². The SMILES string of the molecule is NC(=O)N1CC[C](c2ccc(Cl)cc2)C1. The highest BCUT2D eigenvalue weighted by molar-refractivity contribution is 6.30. The highest BCUT2D eigenvalue weighted by Crippen LogP contribution is 2.26. The van der Waals surface area contributed by atoms with Crippen molar-refractivity contribution in [3.8, 4) is 0 Å². The Labute approximate surface area is 93.8 Å². The molecule has 0 atom stereocenters. The Balaban J connectivity index is 2.07. The Morgan fingerprint density at radius 3 is 2.53 bits per heavy atom. The third-order valence-corrected chi connectivity index (χ3v) is 2.88. The molecule has 2 N–H and O–H groups in total. The first-order chi connectivity index (χ1) is 7.16. The van der Waals surface area contributed by atoms with Gasteiger partial charge >= 0.3 is 6.03 Å². The Kier molecular flexibility index (Phi) is 2.82. The Morgan fingerprint density at radius 2 is 2.00 bits per heavy atom. The molecular weight excluding hydrogens is 212 g/mol. The van der Waals surface area contributed by atoms with Crippen LogP contribution in [0.5, 0.6) is 0 Å². The summed E-state index contributed by atoms with van der Waals surface area (Å²) < 4.78 is 0. The first kappa shape index (κ1) is 10.3. The van der Waals surface area contributed by atoms with Crippen LogP contribution in [0.2, 0.25) is 5.02 Å². The fourth-order valence-corrected chi connectivity index (χ4v) is 1.89. The van der Waals surface area contributed by atoms with Gasteiger partial charge in [0.25, 0.3) is 0 Å². The van der Waals surface area contributed by atoms with E-state index in [1.165, 1.54) is 5.92 Å². The molecule has 0 spiro atoms. The molecule has 1 fully saturated rings. The summed E-state index contributed by atoms with van der Waals surface area (Å²) in [6.07, 6.45) is 0.893. The van der Waals surface area contributed by atoms with E-state index in [0.717, 1.165) is 17.0 Å². The molecule has 0 saturated carbocycles. The van der Waals surface area contributed by atoms with E-state index < -0.39 is 0 Å². The van der Waals surface area contributed by atoms with Crippen molar-refractivity contribution in [2.24, 2.45) is 5.73 Å². The average Bonchev–Trinajstić information content (AvgIpc) is 2.68. The molecule has 1 heterocycles. The largest absolute Gasteiger partial charge is 0.351 e. The van der Waals surface area contributed by atoms with Crippen LogP contribution in [0.4, 0.5) is 4.79 Å². The molecule has 0 unspecified atom stereocenters. The van der Waals surface area contributed by atoms with Gasteiger partial charge in [0.1, 0.15) is 0 Å². The van der Waals surface area contributed by atoms with E-state index in [2.05, 4.69) is 0 Å². The van der Waals surface area contributed by atoms with Crippen molar-refractivity contribution in [3.05, 3.63) is 40.8 Å². The molecule has 15 heavy (non-hydrogen) atoms. The third kappa shape index (κ3) is 2.23. The van der Waals surface area contributed by atoms with Gasteiger partial charge in [-0.3, -0.25) is 0 Å². The molecule has 4 heteroatoms. The van der Waals surface area contributed by atoms with E-state index >= 15 is 0 Å². The Morgan fingerprint density at radius 1 is 1.33 bits per heavy atom. The molecule has 0 aliphatic carbocycles. The molecular formula is C11H12ClN2O. The normalized spacial score (nSPS) is 17.0. The minimum atomic E-state index is -0.348. The molecule has 0 bridgehead atoms. The number of nitrogens with zero attached hydrogens (tertiary/aromatic N) is 1. The van der Waals surface area contributed by atoms with Crippen molar-refractivity contribution >= 4 is 17.6 Å². The van der Waals surface area contributed by atoms with E-state index in [1.54, 1.807) is 4.90 Å². The molecule has 0 aromatic heterocycles. The molecule has 1 aromatic carbocycles. The van der Waals surface area contributed by atoms with Crippen LogP contribution in [0.15, 0.2) is 24.3 Å². The molecule has 1 aliphatic rings. The lowest BCUT2D eigenvalue weighted by atomic mass is 9.99. The number of carbonyl (C=O) groups is 1. The van der Waals surface area contributed by atoms with Crippen molar-refractivity contribution in [2.45, 2.75) is 6.42 Å². The second-order valence-corrected chi connectivity index (χ2v) is 4.06. The summed E-state index contributed by atoms with van der Waals surface area (Å²) in [6, 6.07) is 7.32. The third-order valence-electron chi connectivity index (χ3n) is 2.63. The van der Waals surface area contributed by atoms with Crippen molar-refractivity contribution in [1.29, 1.82) is 0 Å². The van der Waals surface area contributed by atoms with Gasteiger partial charge in [0, 0.05) is 24.0 Å². The zero-order chi connectivity index (χ0) is 10.8. The Bertz CT molecular complexity index is 363. The van der Waals surface area contributed by atoms with Crippen LogP contribution in [0.3, 0.4) is 0 Å². The lowest BCUT2D eigenvalue weighted by Crippen LogP contribution is -2.33. The van der Waals surface area contributed by atoms with Gasteiger partial charge in [-0.1, -0.05) is 23.7 Å². The number of primary amides is 1. The molecule has 1 aromatic rings. The van der Waals surface area contributed by atoms with E-state index in [0.29, 0.717) is 13.1 Å². The smallest absolute Gasteiger partial charge is 0.314 e. The number of likely N-dealkylation sites (tertiary alicyclic amines) is 1. The highest BCUT2D eigenvalue weighted by atomic mass is 35.5. The molecule has 1 radical (unpaired) electrons. The number of hydrogen-bond donors (Lipinski definition) is 1. The number of benzene rings is 1. The summed E-state index contributed by atoms with van der Waals surface area (Å²) in [5.74, 6) is 1.24. The number of amides is 2. The van der Waals surface area contributed by atoms with Crippen LogP contribution in [0.1, 0.15) is 12.0 Å². The summed E-state index contributed by atoms with van der Waals surface area (Å²) in [5.41, 5.74) is 6.36. The summed E-state index contributed by atoms with van der Waals surface area (Å²) in [6.45, 7) is 1.35. The maximum absolute atomic E-state index is 10.9. The van der Waals surface area contributed by atoms with Crippen LogP contribution in [0.25, 0.3) is 0 Å². The van der Waals surface area contributed by atoms with Gasteiger partial charge in [0.05, 0.1) is 0 Å². The van der Waals surface area contributed by atoms with E-state index in [4.69, 9.17) is 17.3 Å². The monoisotopic (exact) mass is 223 g/mol. The zero-order valence-corrected chi connectivity index (χ0v) is 9.00. The molecule has 1 aliphatic heterocycles. The average molecular weight is 224 g/mol. The highest BCUT2D eigenvalue weighted by Gasteiger charge is 2.26. The predicted octanol–water partition coefficient (Wildman–Crippen LogP) is 2.05. The number of hydrogen-bond acceptors (Lipinski definition) is 1. The van der Waals surface area contributed by atoms with Crippen LogP contribution in [-0.2, 0) is 0 Å². The molecule has 79 valence electrons. The standard InChI is InChI=1S/C11H12ClN2O/c12-10-3-1-8(2-4-10)9-5-6-14(7-9)11(13)15/h1-4H,5-7H2,(H2,13,15). The van der Waals surface area contributed by atoms with Crippen molar-refractivity contribution in [3.63, 3.8) is 0 Å². The van der Waals surface area contributed by atoms with Crippen molar-refractivity contribution in [1.82, 2.24) is 4.90 Å². The predicted molar refractivity (Wildman–Crippen MR) is 59.6 cm³/mol. The second kappa shape index (κ2) is 4.11. The Hall–Kier alpha value is -1.22. The molecule has 3 nitrogen and oxygen atoms in total. The summed E-state index contributed by atoms with van der Waals surface area (Å²) >= 11 is 5.80. The maximum Gasteiger partial charge on any atom is 0.314 e. The lowest BCUT2D eigenvalue weighted by Gasteiger charge is -2.13. The fourth-order valence-electron chi connectivity index (χ4n) is 1.77. The van der Waals surface area contributed by atoms with Gasteiger partial charge in [-0.25, -0.2) is 4.79 Å². The summed E-state index contributed by atoms with van der Waals surface area (Å²) in [7, 11) is 0. The zero-order valence-electron chi connectivity index (χ0n) is 8.24. The topological polar surface area (TPSA) is 46.3 Å². The van der Waals surface area contributed by atoms with Gasteiger partial charge in [0.2, 0.25) is 0 Å². The van der Waals surface area contributed by atoms with E-state index in [9.17, 15) is 4.79 Å². The quantitative estimate of drug-likeness (QED) is 0.778. The number of halogens is 1. The molecule has 2 amide bonds. The first-order valence-electron chi connectivity index (χ1n) is 4.82. The van der Waals surface area contributed by atoms with E-state index in [-0.39, 0.29) is 6.03 Å². The number of nitrogens with two attached hydrogens (primary N) is 1. The van der Waals surface area contributed by atoms with Crippen LogP contribution < -0.4 is 5.73 Å². The first-order valence-corrected chi connectivity index (χ1v) is 5.19. The lowest BCUT2D eigenvalue weighted by molar-refractivity contribution is 0.219. The minimum Gasteiger partial charge on any atom is -0.351 e. The molecule has 1 saturated heterocycles. The molecule has 2 rings (SSSR count). The number of carbonyl (C=O) groups excluding carboxylic acids is 1. The summed E-state index contributed by atoms with van der Waals surface area (Å²) in [5, 5.41) is 0.726. The van der Waals surface area contributed by atoms with Crippen molar-refractivity contribution < 1.29 is 4.79 Å². The fraction of sp³-hybridized carbons (Fsp3) is 0.273. The van der Waals surface area contributed by atoms with Crippen LogP contribution in [0, 0.1) is 5.92 Å². The summed E-state index contributed by atoms with van der Waals surface area (Å²) in [4.78, 5) is 12.6. The van der Waals surface area contributed by atoms with E-state index in [1.807, 2.05) is 24.3 Å². The van der Waals surface area contributed by atoms with Gasteiger partial charge in [0.15, 0.2) is 0 Å². The van der Waals surface area contributed by atoms with Crippen molar-refractivity contribution in [2.75, 3.05) is 13.1 Å². The van der Waals surface area contributed by atoms with Gasteiger partial charge in [-0.2, -0.15) is 0 Å². The van der Waals surface area contributed by atoms with Gasteiger partial charge in [-0.15, -0.1) is 0 Å². The van der Waals surface area contributed by atoms with Crippen LogP contribution in [-0.4, -0.2) is 24.0 Å². The number of rotatable bonds is 1. The minimum absolute atomic E-state index is 0.348. The maximum atomic E-state index is 10.9.